The summed E-state index contributed by atoms with van der Waals surface area (Å²) < 4.78 is 6.21. The van der Waals surface area contributed by atoms with Crippen LogP contribution in [0.15, 0.2) is 30.3 Å². The van der Waals surface area contributed by atoms with Crippen molar-refractivity contribution in [2.24, 2.45) is 0 Å². The second kappa shape index (κ2) is 8.76. The third-order valence-electron chi connectivity index (χ3n) is 4.79. The fraction of sp³-hybridized carbons (Fsp3) is 0.400. The Labute approximate surface area is 169 Å². The Kier molecular flexibility index (Phi) is 6.16. The lowest BCUT2D eigenvalue weighted by molar-refractivity contribution is 0.102. The van der Waals surface area contributed by atoms with E-state index in [2.05, 4.69) is 10.4 Å². The molecule has 9 heteroatoms. The molecule has 0 radical (unpaired) electrons. The zero-order valence-corrected chi connectivity index (χ0v) is 16.8. The fourth-order valence-electron chi connectivity index (χ4n) is 3.28. The molecule has 1 aromatic carbocycles. The Morgan fingerprint density at radius 3 is 2.41 bits per heavy atom. The van der Waals surface area contributed by atoms with E-state index in [9.17, 15) is 14.4 Å². The van der Waals surface area contributed by atoms with Gasteiger partial charge in [0.15, 0.2) is 5.82 Å². The van der Waals surface area contributed by atoms with Gasteiger partial charge in [0, 0.05) is 24.2 Å². The zero-order valence-electron chi connectivity index (χ0n) is 16.8. The topological polar surface area (TPSA) is 96.8 Å². The van der Waals surface area contributed by atoms with Crippen molar-refractivity contribution in [3.05, 3.63) is 47.2 Å². The van der Waals surface area contributed by atoms with Gasteiger partial charge in [-0.1, -0.05) is 18.2 Å². The van der Waals surface area contributed by atoms with Crippen LogP contribution in [0, 0.1) is 0 Å². The van der Waals surface area contributed by atoms with Crippen LogP contribution >= 0.6 is 0 Å². The van der Waals surface area contributed by atoms with E-state index in [1.807, 2.05) is 19.9 Å². The highest BCUT2D eigenvalue weighted by Crippen LogP contribution is 2.30. The Hall–Kier alpha value is -3.36. The molecule has 3 amide bonds. The SMILES string of the molecule is CCOC(=O)n1nc(NC(=O)c2ccccc2)c2c1CN(C(=O)N(CC)CC)C2. The molecular weight excluding hydrogens is 374 g/mol. The summed E-state index contributed by atoms with van der Waals surface area (Å²) in [6.07, 6.45) is -0.638. The maximum absolute atomic E-state index is 12.8. The molecule has 0 atom stereocenters. The van der Waals surface area contributed by atoms with Gasteiger partial charge in [0.25, 0.3) is 5.91 Å². The number of carbonyl (C=O) groups is 3. The van der Waals surface area contributed by atoms with E-state index in [1.165, 1.54) is 0 Å². The predicted molar refractivity (Wildman–Crippen MR) is 107 cm³/mol. The molecule has 2 heterocycles. The zero-order chi connectivity index (χ0) is 21.0. The molecule has 2 aromatic rings. The van der Waals surface area contributed by atoms with Gasteiger partial charge in [0.2, 0.25) is 0 Å². The highest BCUT2D eigenvalue weighted by molar-refractivity contribution is 6.04. The lowest BCUT2D eigenvalue weighted by Crippen LogP contribution is -2.40. The molecule has 1 N–H and O–H groups in total. The van der Waals surface area contributed by atoms with Crippen molar-refractivity contribution in [2.45, 2.75) is 33.9 Å². The van der Waals surface area contributed by atoms with Crippen molar-refractivity contribution >= 4 is 23.8 Å². The van der Waals surface area contributed by atoms with Gasteiger partial charge in [-0.25, -0.2) is 9.59 Å². The quantitative estimate of drug-likeness (QED) is 0.834. The van der Waals surface area contributed by atoms with Gasteiger partial charge in [-0.3, -0.25) is 4.79 Å². The average Bonchev–Trinajstić information content (AvgIpc) is 3.30. The minimum Gasteiger partial charge on any atom is -0.448 e. The summed E-state index contributed by atoms with van der Waals surface area (Å²) in [6, 6.07) is 8.60. The first kappa shape index (κ1) is 20.4. The molecule has 9 nitrogen and oxygen atoms in total. The van der Waals surface area contributed by atoms with Crippen LogP contribution < -0.4 is 5.32 Å². The number of carbonyl (C=O) groups excluding carboxylic acids is 3. The number of rotatable bonds is 5. The Bertz CT molecular complexity index is 905. The summed E-state index contributed by atoms with van der Waals surface area (Å²) in [5.41, 5.74) is 1.66. The Balaban J connectivity index is 1.90. The minimum atomic E-state index is -0.638. The Morgan fingerprint density at radius 2 is 1.79 bits per heavy atom. The van der Waals surface area contributed by atoms with E-state index in [0.29, 0.717) is 29.9 Å². The third kappa shape index (κ3) is 4.08. The lowest BCUT2D eigenvalue weighted by Gasteiger charge is -2.25. The number of urea groups is 1. The standard InChI is InChI=1S/C20H25N5O4/c1-4-23(5-2)19(27)24-12-15-16(13-24)25(20(28)29-6-3)22-17(15)21-18(26)14-10-8-7-9-11-14/h7-11H,4-6,12-13H2,1-3H3,(H,21,22,26). The molecule has 154 valence electrons. The number of hydrogen-bond donors (Lipinski definition) is 1. The number of nitrogens with one attached hydrogen (secondary N) is 1. The predicted octanol–water partition coefficient (Wildman–Crippen LogP) is 2.92. The average molecular weight is 399 g/mol. The summed E-state index contributed by atoms with van der Waals surface area (Å²) in [4.78, 5) is 41.0. The molecule has 0 saturated heterocycles. The number of fused-ring (bicyclic) bond motifs is 1. The fourth-order valence-corrected chi connectivity index (χ4v) is 3.28. The van der Waals surface area contributed by atoms with Gasteiger partial charge < -0.3 is 19.9 Å². The van der Waals surface area contributed by atoms with Crippen LogP contribution in [0.5, 0.6) is 0 Å². The maximum Gasteiger partial charge on any atom is 0.435 e. The molecule has 1 aromatic heterocycles. The first-order chi connectivity index (χ1) is 14.0. The largest absolute Gasteiger partial charge is 0.448 e. The molecule has 1 aliphatic rings. The number of anilines is 1. The van der Waals surface area contributed by atoms with Crippen LogP contribution in [0.2, 0.25) is 0 Å². The van der Waals surface area contributed by atoms with E-state index < -0.39 is 6.09 Å². The molecule has 0 bridgehead atoms. The van der Waals surface area contributed by atoms with Crippen molar-refractivity contribution in [2.75, 3.05) is 25.0 Å². The van der Waals surface area contributed by atoms with Gasteiger partial charge in [-0.2, -0.15) is 4.68 Å². The van der Waals surface area contributed by atoms with Crippen LogP contribution in [0.25, 0.3) is 0 Å². The first-order valence-electron chi connectivity index (χ1n) is 9.68. The highest BCUT2D eigenvalue weighted by atomic mass is 16.6. The van der Waals surface area contributed by atoms with E-state index in [1.54, 1.807) is 41.0 Å². The number of nitrogens with zero attached hydrogens (tertiary/aromatic N) is 4. The normalized spacial score (nSPS) is 12.4. The summed E-state index contributed by atoms with van der Waals surface area (Å²) >= 11 is 0. The molecule has 0 fully saturated rings. The van der Waals surface area contributed by atoms with Crippen LogP contribution in [-0.4, -0.2) is 57.3 Å². The monoisotopic (exact) mass is 399 g/mol. The van der Waals surface area contributed by atoms with E-state index in [4.69, 9.17) is 4.74 Å². The molecule has 1 aliphatic heterocycles. The van der Waals surface area contributed by atoms with E-state index in [0.717, 1.165) is 4.68 Å². The van der Waals surface area contributed by atoms with Gasteiger partial charge in [-0.15, -0.1) is 5.10 Å². The molecule has 0 aliphatic carbocycles. The third-order valence-corrected chi connectivity index (χ3v) is 4.79. The molecular formula is C20H25N5O4. The number of benzene rings is 1. The van der Waals surface area contributed by atoms with Crippen molar-refractivity contribution in [1.82, 2.24) is 19.6 Å². The van der Waals surface area contributed by atoms with Crippen LogP contribution in [0.3, 0.4) is 0 Å². The second-order valence-electron chi connectivity index (χ2n) is 6.52. The van der Waals surface area contributed by atoms with Crippen LogP contribution in [0.1, 0.15) is 42.4 Å². The molecule has 29 heavy (non-hydrogen) atoms. The maximum atomic E-state index is 12.8. The second-order valence-corrected chi connectivity index (χ2v) is 6.52. The summed E-state index contributed by atoms with van der Waals surface area (Å²) in [7, 11) is 0. The lowest BCUT2D eigenvalue weighted by atomic mass is 10.2. The van der Waals surface area contributed by atoms with Crippen LogP contribution in [0.4, 0.5) is 15.4 Å². The summed E-state index contributed by atoms with van der Waals surface area (Å²) in [5.74, 6) is -0.0767. The first-order valence-corrected chi connectivity index (χ1v) is 9.68. The molecule has 3 rings (SSSR count). The van der Waals surface area contributed by atoms with Crippen molar-refractivity contribution in [3.8, 4) is 0 Å². The van der Waals surface area contributed by atoms with Gasteiger partial charge in [0.05, 0.1) is 25.4 Å². The molecule has 0 spiro atoms. The van der Waals surface area contributed by atoms with Gasteiger partial charge in [0.1, 0.15) is 0 Å². The summed E-state index contributed by atoms with van der Waals surface area (Å²) in [5, 5.41) is 7.02. The van der Waals surface area contributed by atoms with Gasteiger partial charge in [-0.05, 0) is 32.9 Å². The highest BCUT2D eigenvalue weighted by Gasteiger charge is 2.34. The number of ether oxygens (including phenoxy) is 1. The smallest absolute Gasteiger partial charge is 0.435 e. The number of amides is 3. The number of aromatic nitrogens is 2. The summed E-state index contributed by atoms with van der Waals surface area (Å²) in [6.45, 7) is 7.38. The Morgan fingerprint density at radius 1 is 1.10 bits per heavy atom. The number of hydrogen-bond acceptors (Lipinski definition) is 5. The van der Waals surface area contributed by atoms with Crippen molar-refractivity contribution < 1.29 is 19.1 Å². The van der Waals surface area contributed by atoms with Crippen molar-refractivity contribution in [3.63, 3.8) is 0 Å². The molecule has 0 unspecified atom stereocenters. The van der Waals surface area contributed by atoms with E-state index >= 15 is 0 Å². The minimum absolute atomic E-state index is 0.123. The van der Waals surface area contributed by atoms with Crippen LogP contribution in [-0.2, 0) is 17.8 Å². The molecule has 0 saturated carbocycles. The van der Waals surface area contributed by atoms with Gasteiger partial charge >= 0.3 is 12.1 Å². The van der Waals surface area contributed by atoms with Crippen molar-refractivity contribution in [1.29, 1.82) is 0 Å². The van der Waals surface area contributed by atoms with E-state index in [-0.39, 0.29) is 37.5 Å².